The van der Waals surface area contributed by atoms with Gasteiger partial charge in [0.05, 0.1) is 11.6 Å². The van der Waals surface area contributed by atoms with Crippen molar-refractivity contribution >= 4 is 28.5 Å². The topological polar surface area (TPSA) is 72.9 Å². The first kappa shape index (κ1) is 11.7. The minimum absolute atomic E-state index is 0.260. The van der Waals surface area contributed by atoms with E-state index in [1.807, 2.05) is 7.05 Å². The number of nitrogens with two attached hydrogens (primary N) is 1. The van der Waals surface area contributed by atoms with Crippen LogP contribution in [0.2, 0.25) is 5.28 Å². The molecule has 0 bridgehead atoms. The standard InChI is InChI=1S/C11H15ClN6/c1-17-9-8(6-14-17)10(16-11(12)15-9)18-4-2-7(13)3-5-18/h6-7H,2-5,13H2,1H3. The van der Waals surface area contributed by atoms with Crippen LogP contribution in [0, 0.1) is 0 Å². The molecular formula is C11H15ClN6. The van der Waals surface area contributed by atoms with Gasteiger partial charge >= 0.3 is 0 Å². The fraction of sp³-hybridized carbons (Fsp3) is 0.545. The van der Waals surface area contributed by atoms with Gasteiger partial charge in [0.1, 0.15) is 5.82 Å². The molecule has 2 aromatic rings. The number of hydrogen-bond donors (Lipinski definition) is 1. The molecule has 3 rings (SSSR count). The Balaban J connectivity index is 2.05. The van der Waals surface area contributed by atoms with E-state index in [-0.39, 0.29) is 5.28 Å². The predicted molar refractivity (Wildman–Crippen MR) is 70.7 cm³/mol. The first-order valence-corrected chi connectivity index (χ1v) is 6.38. The number of nitrogens with zero attached hydrogens (tertiary/aromatic N) is 5. The second-order valence-corrected chi connectivity index (χ2v) is 4.98. The zero-order valence-corrected chi connectivity index (χ0v) is 10.9. The number of anilines is 1. The lowest BCUT2D eigenvalue weighted by Gasteiger charge is -2.31. The molecule has 1 fully saturated rings. The maximum atomic E-state index is 5.99. The van der Waals surface area contributed by atoms with E-state index in [9.17, 15) is 0 Å². The molecule has 0 atom stereocenters. The molecule has 1 aliphatic heterocycles. The molecule has 18 heavy (non-hydrogen) atoms. The number of rotatable bonds is 1. The summed E-state index contributed by atoms with van der Waals surface area (Å²) in [4.78, 5) is 10.8. The Labute approximate surface area is 110 Å². The Morgan fingerprint density at radius 1 is 1.33 bits per heavy atom. The van der Waals surface area contributed by atoms with Crippen LogP contribution < -0.4 is 10.6 Å². The lowest BCUT2D eigenvalue weighted by Crippen LogP contribution is -2.40. The number of aryl methyl sites for hydroxylation is 1. The van der Waals surface area contributed by atoms with E-state index in [0.29, 0.717) is 6.04 Å². The SMILES string of the molecule is Cn1ncc2c(N3CCC(N)CC3)nc(Cl)nc21. The molecule has 1 aliphatic rings. The molecule has 0 aliphatic carbocycles. The molecule has 1 saturated heterocycles. The summed E-state index contributed by atoms with van der Waals surface area (Å²) >= 11 is 5.99. The normalized spacial score (nSPS) is 17.6. The lowest BCUT2D eigenvalue weighted by atomic mass is 10.1. The average Bonchev–Trinajstić information content (AvgIpc) is 2.71. The van der Waals surface area contributed by atoms with Crippen LogP contribution in [0.25, 0.3) is 11.0 Å². The zero-order chi connectivity index (χ0) is 12.7. The van der Waals surface area contributed by atoms with Gasteiger partial charge in [-0.1, -0.05) is 0 Å². The van der Waals surface area contributed by atoms with Gasteiger partial charge < -0.3 is 10.6 Å². The summed E-state index contributed by atoms with van der Waals surface area (Å²) in [6, 6.07) is 0.294. The molecule has 3 heterocycles. The van der Waals surface area contributed by atoms with Gasteiger partial charge in [0.2, 0.25) is 5.28 Å². The summed E-state index contributed by atoms with van der Waals surface area (Å²) in [6.07, 6.45) is 3.74. The zero-order valence-electron chi connectivity index (χ0n) is 10.2. The monoisotopic (exact) mass is 266 g/mol. The van der Waals surface area contributed by atoms with Gasteiger partial charge in [0.25, 0.3) is 0 Å². The number of aromatic nitrogens is 4. The molecular weight excluding hydrogens is 252 g/mol. The summed E-state index contributed by atoms with van der Waals surface area (Å²) in [5.41, 5.74) is 6.68. The molecule has 7 heteroatoms. The van der Waals surface area contributed by atoms with Crippen molar-refractivity contribution in [3.8, 4) is 0 Å². The molecule has 0 aromatic carbocycles. The van der Waals surface area contributed by atoms with Crippen LogP contribution in [-0.2, 0) is 7.05 Å². The second-order valence-electron chi connectivity index (χ2n) is 4.65. The molecule has 0 saturated carbocycles. The van der Waals surface area contributed by atoms with E-state index >= 15 is 0 Å². The van der Waals surface area contributed by atoms with Gasteiger partial charge in [-0.3, -0.25) is 4.68 Å². The third kappa shape index (κ3) is 1.91. The summed E-state index contributed by atoms with van der Waals surface area (Å²) in [7, 11) is 1.85. The van der Waals surface area contributed by atoms with Crippen LogP contribution >= 0.6 is 11.6 Å². The molecule has 96 valence electrons. The maximum absolute atomic E-state index is 5.99. The van der Waals surface area contributed by atoms with Crippen molar-refractivity contribution in [3.05, 3.63) is 11.5 Å². The Morgan fingerprint density at radius 2 is 2.06 bits per heavy atom. The minimum atomic E-state index is 0.260. The van der Waals surface area contributed by atoms with Crippen LogP contribution in [0.15, 0.2) is 6.20 Å². The first-order chi connectivity index (χ1) is 8.65. The lowest BCUT2D eigenvalue weighted by molar-refractivity contribution is 0.499. The Kier molecular flexibility index (Phi) is 2.83. The van der Waals surface area contributed by atoms with E-state index in [1.54, 1.807) is 10.9 Å². The van der Waals surface area contributed by atoms with Gasteiger partial charge in [-0.25, -0.2) is 0 Å². The third-order valence-corrected chi connectivity index (χ3v) is 3.55. The average molecular weight is 267 g/mol. The number of fused-ring (bicyclic) bond motifs is 1. The molecule has 0 unspecified atom stereocenters. The third-order valence-electron chi connectivity index (χ3n) is 3.38. The van der Waals surface area contributed by atoms with Crippen molar-refractivity contribution in [1.82, 2.24) is 19.7 Å². The second kappa shape index (κ2) is 4.37. The highest BCUT2D eigenvalue weighted by molar-refractivity contribution is 6.28. The van der Waals surface area contributed by atoms with Gasteiger partial charge in [-0.2, -0.15) is 15.1 Å². The largest absolute Gasteiger partial charge is 0.356 e. The highest BCUT2D eigenvalue weighted by Gasteiger charge is 2.21. The molecule has 0 radical (unpaired) electrons. The van der Waals surface area contributed by atoms with Crippen molar-refractivity contribution < 1.29 is 0 Å². The molecule has 0 spiro atoms. The molecule has 2 aromatic heterocycles. The van der Waals surface area contributed by atoms with E-state index in [4.69, 9.17) is 17.3 Å². The molecule has 2 N–H and O–H groups in total. The fourth-order valence-electron chi connectivity index (χ4n) is 2.33. The van der Waals surface area contributed by atoms with Crippen LogP contribution in [0.4, 0.5) is 5.82 Å². The maximum Gasteiger partial charge on any atom is 0.226 e. The van der Waals surface area contributed by atoms with E-state index in [0.717, 1.165) is 42.8 Å². The highest BCUT2D eigenvalue weighted by atomic mass is 35.5. The summed E-state index contributed by atoms with van der Waals surface area (Å²) in [5, 5.41) is 5.41. The van der Waals surface area contributed by atoms with Crippen LogP contribution in [0.3, 0.4) is 0 Å². The number of halogens is 1. The first-order valence-electron chi connectivity index (χ1n) is 6.01. The van der Waals surface area contributed by atoms with Crippen molar-refractivity contribution in [2.75, 3.05) is 18.0 Å². The number of hydrogen-bond acceptors (Lipinski definition) is 5. The van der Waals surface area contributed by atoms with E-state index < -0.39 is 0 Å². The minimum Gasteiger partial charge on any atom is -0.356 e. The van der Waals surface area contributed by atoms with Crippen LogP contribution in [0.1, 0.15) is 12.8 Å². The van der Waals surface area contributed by atoms with Gasteiger partial charge in [-0.05, 0) is 24.4 Å². The van der Waals surface area contributed by atoms with Crippen LogP contribution in [-0.4, -0.2) is 38.9 Å². The Bertz CT molecular complexity index is 572. The van der Waals surface area contributed by atoms with Gasteiger partial charge in [-0.15, -0.1) is 0 Å². The highest BCUT2D eigenvalue weighted by Crippen LogP contribution is 2.26. The van der Waals surface area contributed by atoms with Crippen molar-refractivity contribution in [1.29, 1.82) is 0 Å². The fourth-order valence-corrected chi connectivity index (χ4v) is 2.49. The smallest absolute Gasteiger partial charge is 0.226 e. The van der Waals surface area contributed by atoms with E-state index in [1.165, 1.54) is 0 Å². The summed E-state index contributed by atoms with van der Waals surface area (Å²) < 4.78 is 1.71. The van der Waals surface area contributed by atoms with Gasteiger partial charge in [0, 0.05) is 26.2 Å². The van der Waals surface area contributed by atoms with Crippen molar-refractivity contribution in [2.45, 2.75) is 18.9 Å². The molecule has 6 nitrogen and oxygen atoms in total. The predicted octanol–water partition coefficient (Wildman–Crippen LogP) is 0.944. The van der Waals surface area contributed by atoms with E-state index in [2.05, 4.69) is 20.0 Å². The summed E-state index contributed by atoms with van der Waals surface area (Å²) in [6.45, 7) is 1.80. The van der Waals surface area contributed by atoms with Crippen molar-refractivity contribution in [3.63, 3.8) is 0 Å². The van der Waals surface area contributed by atoms with Crippen molar-refractivity contribution in [2.24, 2.45) is 12.8 Å². The van der Waals surface area contributed by atoms with Crippen LogP contribution in [0.5, 0.6) is 0 Å². The molecule has 0 amide bonds. The Hall–Kier alpha value is -1.40. The summed E-state index contributed by atoms with van der Waals surface area (Å²) in [5.74, 6) is 0.866. The quantitative estimate of drug-likeness (QED) is 0.778. The Morgan fingerprint density at radius 3 is 2.78 bits per heavy atom. The van der Waals surface area contributed by atoms with Gasteiger partial charge in [0.15, 0.2) is 5.65 Å². The number of piperidine rings is 1.